The van der Waals surface area contributed by atoms with Gasteiger partial charge in [0.1, 0.15) is 5.69 Å². The molecule has 7 heteroatoms. The standard InChI is InChI=1S/C13H14N6S/c14-12(11-9-15-6-7-16-11)18-19-13(20)17-8-10-4-2-1-3-5-10/h1-7,9H,8H2,(H2,14,18)(H2,17,19,20). The molecule has 6 nitrogen and oxygen atoms in total. The van der Waals surface area contributed by atoms with Gasteiger partial charge in [0.25, 0.3) is 0 Å². The smallest absolute Gasteiger partial charge is 0.187 e. The van der Waals surface area contributed by atoms with Crippen molar-refractivity contribution >= 4 is 23.2 Å². The number of nitrogens with one attached hydrogen (secondary N) is 2. The maximum Gasteiger partial charge on any atom is 0.187 e. The Labute approximate surface area is 122 Å². The van der Waals surface area contributed by atoms with E-state index in [0.717, 1.165) is 5.56 Å². The SMILES string of the molecule is N/C(=N\NC(=S)NCc1ccccc1)c1cnccn1. The van der Waals surface area contributed by atoms with Gasteiger partial charge in [-0.15, -0.1) is 0 Å². The molecule has 0 amide bonds. The molecule has 0 spiro atoms. The fourth-order valence-corrected chi connectivity index (χ4v) is 1.54. The van der Waals surface area contributed by atoms with Gasteiger partial charge < -0.3 is 11.1 Å². The molecule has 0 aliphatic heterocycles. The molecule has 2 aromatic rings. The summed E-state index contributed by atoms with van der Waals surface area (Å²) in [5.41, 5.74) is 10.0. The van der Waals surface area contributed by atoms with Crippen LogP contribution in [0.4, 0.5) is 0 Å². The first-order chi connectivity index (χ1) is 9.75. The van der Waals surface area contributed by atoms with E-state index in [-0.39, 0.29) is 5.84 Å². The maximum absolute atomic E-state index is 5.75. The summed E-state index contributed by atoms with van der Waals surface area (Å²) in [4.78, 5) is 7.94. The lowest BCUT2D eigenvalue weighted by Crippen LogP contribution is -2.33. The Balaban J connectivity index is 1.83. The molecule has 0 bridgehead atoms. The highest BCUT2D eigenvalue weighted by atomic mass is 32.1. The van der Waals surface area contributed by atoms with Gasteiger partial charge in [0.05, 0.1) is 6.20 Å². The van der Waals surface area contributed by atoms with Crippen molar-refractivity contribution in [2.24, 2.45) is 10.8 Å². The van der Waals surface area contributed by atoms with Crippen LogP contribution in [0.1, 0.15) is 11.3 Å². The van der Waals surface area contributed by atoms with Crippen molar-refractivity contribution in [3.8, 4) is 0 Å². The molecule has 1 aromatic heterocycles. The van der Waals surface area contributed by atoms with Gasteiger partial charge in [-0.1, -0.05) is 30.3 Å². The van der Waals surface area contributed by atoms with E-state index in [1.807, 2.05) is 30.3 Å². The molecule has 102 valence electrons. The Morgan fingerprint density at radius 1 is 1.25 bits per heavy atom. The summed E-state index contributed by atoms with van der Waals surface area (Å²) in [5, 5.41) is 7.36. The Hall–Kier alpha value is -2.54. The third kappa shape index (κ3) is 4.29. The number of benzene rings is 1. The van der Waals surface area contributed by atoms with E-state index in [9.17, 15) is 0 Å². The van der Waals surface area contributed by atoms with Crippen LogP contribution in [0.5, 0.6) is 0 Å². The first kappa shape index (κ1) is 13.9. The van der Waals surface area contributed by atoms with Crippen molar-refractivity contribution in [2.75, 3.05) is 0 Å². The van der Waals surface area contributed by atoms with Crippen LogP contribution in [0.3, 0.4) is 0 Å². The van der Waals surface area contributed by atoms with E-state index in [1.54, 1.807) is 12.4 Å². The van der Waals surface area contributed by atoms with Gasteiger partial charge >= 0.3 is 0 Å². The Morgan fingerprint density at radius 2 is 2.05 bits per heavy atom. The Bertz CT molecular complexity index is 584. The van der Waals surface area contributed by atoms with Crippen LogP contribution in [-0.2, 0) is 6.54 Å². The molecule has 0 unspecified atom stereocenters. The number of thiocarbonyl (C=S) groups is 1. The summed E-state index contributed by atoms with van der Waals surface area (Å²) in [6.45, 7) is 0.618. The number of rotatable bonds is 4. The minimum absolute atomic E-state index is 0.224. The van der Waals surface area contributed by atoms with Crippen molar-refractivity contribution in [1.82, 2.24) is 20.7 Å². The van der Waals surface area contributed by atoms with E-state index in [2.05, 4.69) is 25.8 Å². The second-order valence-corrected chi connectivity index (χ2v) is 4.28. The lowest BCUT2D eigenvalue weighted by atomic mass is 10.2. The fourth-order valence-electron chi connectivity index (χ4n) is 1.42. The zero-order valence-corrected chi connectivity index (χ0v) is 11.5. The largest absolute Gasteiger partial charge is 0.380 e. The highest BCUT2D eigenvalue weighted by Gasteiger charge is 2.00. The molecule has 0 aliphatic rings. The topological polar surface area (TPSA) is 88.2 Å². The van der Waals surface area contributed by atoms with Crippen molar-refractivity contribution < 1.29 is 0 Å². The Kier molecular flexibility index (Phi) is 4.96. The maximum atomic E-state index is 5.75. The van der Waals surface area contributed by atoms with Crippen molar-refractivity contribution in [1.29, 1.82) is 0 Å². The van der Waals surface area contributed by atoms with E-state index < -0.39 is 0 Å². The third-order valence-electron chi connectivity index (χ3n) is 2.40. The van der Waals surface area contributed by atoms with E-state index in [1.165, 1.54) is 6.20 Å². The summed E-state index contributed by atoms with van der Waals surface area (Å²) in [5.74, 6) is 0.224. The van der Waals surface area contributed by atoms with Crippen LogP contribution in [0.25, 0.3) is 0 Å². The van der Waals surface area contributed by atoms with Crippen LogP contribution in [-0.4, -0.2) is 20.9 Å². The average Bonchev–Trinajstić information content (AvgIpc) is 2.52. The van der Waals surface area contributed by atoms with E-state index in [0.29, 0.717) is 17.4 Å². The highest BCUT2D eigenvalue weighted by Crippen LogP contribution is 1.96. The minimum Gasteiger partial charge on any atom is -0.380 e. The third-order valence-corrected chi connectivity index (χ3v) is 2.64. The van der Waals surface area contributed by atoms with Crippen LogP contribution in [0.15, 0.2) is 54.0 Å². The minimum atomic E-state index is 0.224. The molecule has 20 heavy (non-hydrogen) atoms. The molecular weight excluding hydrogens is 272 g/mol. The highest BCUT2D eigenvalue weighted by molar-refractivity contribution is 7.80. The summed E-state index contributed by atoms with van der Waals surface area (Å²) in [6, 6.07) is 9.92. The average molecular weight is 286 g/mol. The molecular formula is C13H14N6S. The second-order valence-electron chi connectivity index (χ2n) is 3.87. The van der Waals surface area contributed by atoms with E-state index >= 15 is 0 Å². The lowest BCUT2D eigenvalue weighted by molar-refractivity contribution is 0.865. The first-order valence-corrected chi connectivity index (χ1v) is 6.34. The lowest BCUT2D eigenvalue weighted by Gasteiger charge is -2.07. The summed E-state index contributed by atoms with van der Waals surface area (Å²) in [7, 11) is 0. The quantitative estimate of drug-likeness (QED) is 0.333. The van der Waals surface area contributed by atoms with Gasteiger partial charge in [-0.2, -0.15) is 5.10 Å². The zero-order chi connectivity index (χ0) is 14.2. The predicted molar refractivity (Wildman–Crippen MR) is 81.8 cm³/mol. The number of nitrogens with two attached hydrogens (primary N) is 1. The van der Waals surface area contributed by atoms with Gasteiger partial charge in [0.15, 0.2) is 10.9 Å². The predicted octanol–water partition coefficient (Wildman–Crippen LogP) is 0.761. The van der Waals surface area contributed by atoms with Gasteiger partial charge in [0.2, 0.25) is 0 Å². The van der Waals surface area contributed by atoms with Crippen molar-refractivity contribution in [3.63, 3.8) is 0 Å². The van der Waals surface area contributed by atoms with Crippen LogP contribution >= 0.6 is 12.2 Å². The molecule has 1 heterocycles. The monoisotopic (exact) mass is 286 g/mol. The summed E-state index contributed by atoms with van der Waals surface area (Å²) >= 11 is 5.10. The molecule has 0 saturated heterocycles. The van der Waals surface area contributed by atoms with Crippen molar-refractivity contribution in [3.05, 3.63) is 60.2 Å². The molecule has 0 fully saturated rings. The molecule has 0 radical (unpaired) electrons. The fraction of sp³-hybridized carbons (Fsp3) is 0.0769. The Morgan fingerprint density at radius 3 is 2.75 bits per heavy atom. The number of amidine groups is 1. The molecule has 0 aliphatic carbocycles. The molecule has 4 N–H and O–H groups in total. The number of hydrogen-bond acceptors (Lipinski definition) is 4. The van der Waals surface area contributed by atoms with Gasteiger partial charge in [-0.25, -0.2) is 4.98 Å². The summed E-state index contributed by atoms with van der Waals surface area (Å²) < 4.78 is 0. The summed E-state index contributed by atoms with van der Waals surface area (Å²) in [6.07, 6.45) is 4.64. The zero-order valence-electron chi connectivity index (χ0n) is 10.7. The first-order valence-electron chi connectivity index (χ1n) is 5.93. The van der Waals surface area contributed by atoms with Gasteiger partial charge in [-0.05, 0) is 17.8 Å². The molecule has 0 saturated carbocycles. The molecule has 0 atom stereocenters. The van der Waals surface area contributed by atoms with Crippen LogP contribution in [0.2, 0.25) is 0 Å². The van der Waals surface area contributed by atoms with Crippen LogP contribution in [0, 0.1) is 0 Å². The van der Waals surface area contributed by atoms with Crippen LogP contribution < -0.4 is 16.5 Å². The number of nitrogens with zero attached hydrogens (tertiary/aromatic N) is 3. The molecule has 2 rings (SSSR count). The number of aromatic nitrogens is 2. The normalized spacial score (nSPS) is 10.9. The van der Waals surface area contributed by atoms with Gasteiger partial charge in [-0.3, -0.25) is 10.4 Å². The second kappa shape index (κ2) is 7.15. The van der Waals surface area contributed by atoms with E-state index in [4.69, 9.17) is 18.0 Å². The number of hydrogen-bond donors (Lipinski definition) is 3. The van der Waals surface area contributed by atoms with Crippen molar-refractivity contribution in [2.45, 2.75) is 6.54 Å². The molecule has 1 aromatic carbocycles. The van der Waals surface area contributed by atoms with Gasteiger partial charge in [0, 0.05) is 18.9 Å². The number of hydrazone groups is 1.